The molecule has 0 bridgehead atoms. The van der Waals surface area contributed by atoms with Gasteiger partial charge in [-0.15, -0.1) is 0 Å². The van der Waals surface area contributed by atoms with Crippen LogP contribution in [0.3, 0.4) is 0 Å². The zero-order valence-electron chi connectivity index (χ0n) is 25.4. The molecular weight excluding hydrogens is 602 g/mol. The molecule has 46 heavy (non-hydrogen) atoms. The van der Waals surface area contributed by atoms with Gasteiger partial charge in [0.1, 0.15) is 18.5 Å². The maximum Gasteiger partial charge on any atom is 0.419 e. The van der Waals surface area contributed by atoms with Gasteiger partial charge in [0.15, 0.2) is 11.6 Å². The molecule has 2 aromatic heterocycles. The monoisotopic (exact) mass is 635 g/mol. The molecule has 240 valence electrons. The van der Waals surface area contributed by atoms with Crippen LogP contribution in [-0.2, 0) is 33.3 Å². The number of allylic oxidation sites excluding steroid dienone is 2. The Kier molecular flexibility index (Phi) is 8.75. The summed E-state index contributed by atoms with van der Waals surface area (Å²) in [7, 11) is 2.03. The maximum absolute atomic E-state index is 14.9. The van der Waals surface area contributed by atoms with Crippen LogP contribution >= 0.6 is 0 Å². The van der Waals surface area contributed by atoms with Gasteiger partial charge in [0.05, 0.1) is 11.7 Å². The van der Waals surface area contributed by atoms with Crippen LogP contribution in [0.2, 0.25) is 0 Å². The second-order valence-corrected chi connectivity index (χ2v) is 12.0. The molecule has 1 unspecified atom stereocenters. The number of amides is 1. The van der Waals surface area contributed by atoms with E-state index in [0.717, 1.165) is 48.3 Å². The minimum absolute atomic E-state index is 0.0129. The normalized spacial score (nSPS) is 17.7. The Labute approximate surface area is 263 Å². The largest absolute Gasteiger partial charge is 0.419 e. The van der Waals surface area contributed by atoms with E-state index in [2.05, 4.69) is 20.3 Å². The summed E-state index contributed by atoms with van der Waals surface area (Å²) in [5.41, 5.74) is 1.08. The number of alkyl halides is 3. The van der Waals surface area contributed by atoms with Crippen LogP contribution in [0.5, 0.6) is 0 Å². The summed E-state index contributed by atoms with van der Waals surface area (Å²) in [5, 5.41) is 9.11. The van der Waals surface area contributed by atoms with Gasteiger partial charge in [-0.05, 0) is 61.5 Å². The predicted octanol–water partition coefficient (Wildman–Crippen LogP) is 5.91. The van der Waals surface area contributed by atoms with E-state index in [0.29, 0.717) is 29.3 Å². The number of likely N-dealkylation sites (tertiary alicyclic amines) is 1. The third-order valence-corrected chi connectivity index (χ3v) is 8.60. The van der Waals surface area contributed by atoms with Crippen molar-refractivity contribution in [2.45, 2.75) is 50.9 Å². The minimum atomic E-state index is -4.88. The third-order valence-electron chi connectivity index (χ3n) is 8.60. The Bertz CT molecular complexity index is 1830. The highest BCUT2D eigenvalue weighted by molar-refractivity contribution is 6.00. The number of carbonyl (C=O) groups excluding carboxylic acids is 2. The number of benzene rings is 2. The Balaban J connectivity index is 1.29. The summed E-state index contributed by atoms with van der Waals surface area (Å²) in [4.78, 5) is 33.1. The van der Waals surface area contributed by atoms with Crippen molar-refractivity contribution < 1.29 is 31.9 Å². The first-order chi connectivity index (χ1) is 22.0. The second kappa shape index (κ2) is 12.8. The van der Waals surface area contributed by atoms with Gasteiger partial charge in [0.2, 0.25) is 0 Å². The molecule has 1 atom stereocenters. The molecule has 0 aliphatic carbocycles. The van der Waals surface area contributed by atoms with Crippen LogP contribution < -0.4 is 5.32 Å². The molecule has 0 radical (unpaired) electrons. The fourth-order valence-corrected chi connectivity index (χ4v) is 6.25. The Morgan fingerprint density at radius 3 is 2.57 bits per heavy atom. The molecule has 4 heterocycles. The molecule has 6 rings (SSSR count). The van der Waals surface area contributed by atoms with Crippen molar-refractivity contribution in [2.24, 2.45) is 0 Å². The number of carbonyl (C=O) groups is 2. The van der Waals surface area contributed by atoms with Crippen molar-refractivity contribution in [2.75, 3.05) is 32.1 Å². The van der Waals surface area contributed by atoms with Gasteiger partial charge in [-0.1, -0.05) is 29.8 Å². The van der Waals surface area contributed by atoms with Crippen LogP contribution in [-0.4, -0.2) is 64.2 Å². The number of nitrogens with zero attached hydrogens (tertiary/aromatic N) is 4. The zero-order valence-corrected chi connectivity index (χ0v) is 25.4. The first-order valence-electron chi connectivity index (χ1n) is 15.1. The molecule has 1 amide bonds. The Morgan fingerprint density at radius 1 is 1.04 bits per heavy atom. The van der Waals surface area contributed by atoms with Crippen molar-refractivity contribution in [3.63, 3.8) is 0 Å². The quantitative estimate of drug-likeness (QED) is 0.242. The van der Waals surface area contributed by atoms with Crippen LogP contribution in [0.25, 0.3) is 10.8 Å². The van der Waals surface area contributed by atoms with E-state index in [4.69, 9.17) is 4.74 Å². The molecule has 4 aromatic rings. The number of ketones is 1. The number of halogens is 4. The van der Waals surface area contributed by atoms with E-state index in [1.807, 2.05) is 31.3 Å². The van der Waals surface area contributed by atoms with Gasteiger partial charge >= 0.3 is 6.18 Å². The predicted molar refractivity (Wildman–Crippen MR) is 164 cm³/mol. The van der Waals surface area contributed by atoms with Crippen LogP contribution in [0.1, 0.15) is 48.2 Å². The van der Waals surface area contributed by atoms with Gasteiger partial charge < -0.3 is 15.0 Å². The fraction of sp³-hybridized carbons (Fsp3) is 0.353. The summed E-state index contributed by atoms with van der Waals surface area (Å²) in [5.74, 6) is -1.92. The van der Waals surface area contributed by atoms with E-state index in [1.165, 1.54) is 10.7 Å². The standard InChI is InChI=1S/C34H33F4N5O3/c1-20-13-25-17-30(40-31(45)19-46-26-8-11-42(2)12-9-26)41-43(25)33(23-5-6-27(28(35)16-23)34(36,37)38)32(20)29(44)15-21-3-4-24-18-39-10-7-22(24)14-21/h3-7,10,14,16-18,26,33H,8-9,11-13,15,19H2,1-2H3,(H,40,41,45). The highest BCUT2D eigenvalue weighted by atomic mass is 19.4. The number of pyridine rings is 1. The van der Waals surface area contributed by atoms with Gasteiger partial charge in [-0.25, -0.2) is 4.39 Å². The van der Waals surface area contributed by atoms with Crippen molar-refractivity contribution in [1.82, 2.24) is 19.7 Å². The van der Waals surface area contributed by atoms with E-state index >= 15 is 0 Å². The molecule has 0 spiro atoms. The highest BCUT2D eigenvalue weighted by Crippen LogP contribution is 2.39. The van der Waals surface area contributed by atoms with Crippen molar-refractivity contribution in [3.8, 4) is 0 Å². The summed E-state index contributed by atoms with van der Waals surface area (Å²) < 4.78 is 62.5. The third kappa shape index (κ3) is 6.73. The average molecular weight is 636 g/mol. The van der Waals surface area contributed by atoms with E-state index in [1.54, 1.807) is 25.4 Å². The fourth-order valence-electron chi connectivity index (χ4n) is 6.25. The maximum atomic E-state index is 14.9. The Hall–Kier alpha value is -4.42. The molecule has 1 saturated heterocycles. The number of ether oxygens (including phenoxy) is 1. The van der Waals surface area contributed by atoms with Crippen LogP contribution in [0.4, 0.5) is 23.4 Å². The molecule has 0 saturated carbocycles. The van der Waals surface area contributed by atoms with Gasteiger partial charge in [-0.3, -0.25) is 19.3 Å². The number of rotatable bonds is 8. The lowest BCUT2D eigenvalue weighted by atomic mass is 9.85. The number of hydrogen-bond donors (Lipinski definition) is 1. The molecule has 2 aliphatic heterocycles. The molecule has 1 N–H and O–H groups in total. The van der Waals surface area contributed by atoms with Gasteiger partial charge in [0.25, 0.3) is 5.91 Å². The smallest absolute Gasteiger partial charge is 0.368 e. The average Bonchev–Trinajstić information content (AvgIpc) is 3.40. The van der Waals surface area contributed by atoms with Gasteiger partial charge in [-0.2, -0.15) is 18.3 Å². The van der Waals surface area contributed by atoms with E-state index in [-0.39, 0.29) is 36.3 Å². The molecule has 1 fully saturated rings. The first kappa shape index (κ1) is 31.6. The zero-order chi connectivity index (χ0) is 32.6. The van der Waals surface area contributed by atoms with E-state index in [9.17, 15) is 27.2 Å². The number of hydrogen-bond acceptors (Lipinski definition) is 6. The van der Waals surface area contributed by atoms with Gasteiger partial charge in [0, 0.05) is 61.0 Å². The van der Waals surface area contributed by atoms with Crippen LogP contribution in [0.15, 0.2) is 72.1 Å². The topological polar surface area (TPSA) is 89.3 Å². The van der Waals surface area contributed by atoms with Crippen LogP contribution in [0, 0.1) is 5.82 Å². The Morgan fingerprint density at radius 2 is 1.83 bits per heavy atom. The number of nitrogens with one attached hydrogen (secondary N) is 1. The SMILES string of the molecule is CC1=C(C(=O)Cc2ccc3cnccc3c2)C(c2ccc(C(F)(F)F)c(F)c2)n2nc(NC(=O)COC3CCN(C)CC3)cc2C1. The lowest BCUT2D eigenvalue weighted by Gasteiger charge is -2.29. The summed E-state index contributed by atoms with van der Waals surface area (Å²) >= 11 is 0. The second-order valence-electron chi connectivity index (χ2n) is 12.0. The van der Waals surface area contributed by atoms with Crippen molar-refractivity contribution in [3.05, 3.63) is 100 Å². The molecule has 2 aliphatic rings. The number of anilines is 1. The van der Waals surface area contributed by atoms with Crippen molar-refractivity contribution in [1.29, 1.82) is 0 Å². The van der Waals surface area contributed by atoms with Crippen molar-refractivity contribution >= 4 is 28.3 Å². The molecular formula is C34H33F4N5O3. The first-order valence-corrected chi connectivity index (χ1v) is 15.1. The molecule has 8 nitrogen and oxygen atoms in total. The molecule has 12 heteroatoms. The lowest BCUT2D eigenvalue weighted by Crippen LogP contribution is -2.35. The van der Waals surface area contributed by atoms with E-state index < -0.39 is 29.5 Å². The number of aromatic nitrogens is 3. The number of fused-ring (bicyclic) bond motifs is 2. The molecule has 2 aromatic carbocycles. The lowest BCUT2D eigenvalue weighted by molar-refractivity contribution is -0.140. The summed E-state index contributed by atoms with van der Waals surface area (Å²) in [6.45, 7) is 3.39. The number of Topliss-reactive ketones (excluding diaryl/α,β-unsaturated/α-hetero) is 1. The summed E-state index contributed by atoms with van der Waals surface area (Å²) in [6, 6.07) is 10.7. The summed E-state index contributed by atoms with van der Waals surface area (Å²) in [6.07, 6.45) is 0.454. The highest BCUT2D eigenvalue weighted by Gasteiger charge is 2.37. The minimum Gasteiger partial charge on any atom is -0.368 e. The number of piperidine rings is 1.